The van der Waals surface area contributed by atoms with Gasteiger partial charge in [0.05, 0.1) is 6.42 Å². The lowest BCUT2D eigenvalue weighted by Gasteiger charge is -2.21. The number of hydrogen-bond acceptors (Lipinski definition) is 1. The first kappa shape index (κ1) is 15.0. The highest BCUT2D eigenvalue weighted by molar-refractivity contribution is 5.24. The summed E-state index contributed by atoms with van der Waals surface area (Å²) in [5, 5.41) is 2.97. The van der Waals surface area contributed by atoms with Gasteiger partial charge in [0, 0.05) is 12.1 Å². The summed E-state index contributed by atoms with van der Waals surface area (Å²) in [5.74, 6) is 0. The highest BCUT2D eigenvalue weighted by Gasteiger charge is 2.30. The van der Waals surface area contributed by atoms with Gasteiger partial charge in [-0.25, -0.2) is 0 Å². The van der Waals surface area contributed by atoms with E-state index in [0.29, 0.717) is 0 Å². The monoisotopic (exact) mass is 259 g/mol. The maximum absolute atomic E-state index is 12.2. The summed E-state index contributed by atoms with van der Waals surface area (Å²) in [5.41, 5.74) is 2.25. The maximum atomic E-state index is 12.2. The lowest BCUT2D eigenvalue weighted by atomic mass is 10.0. The third-order valence-corrected chi connectivity index (χ3v) is 2.96. The molecule has 0 aliphatic rings. The van der Waals surface area contributed by atoms with Crippen LogP contribution < -0.4 is 5.32 Å². The zero-order chi connectivity index (χ0) is 13.8. The minimum absolute atomic E-state index is 0.0757. The Bertz CT molecular complexity index is 356. The Kier molecular flexibility index (Phi) is 5.20. The molecule has 1 nitrogen and oxygen atoms in total. The number of aryl methyl sites for hydroxylation is 1. The molecule has 0 aromatic heterocycles. The van der Waals surface area contributed by atoms with Crippen LogP contribution in [0.3, 0.4) is 0 Å². The SMILES string of the molecule is CCc1ccc(C(C)NC(C)CC(F)(F)F)cc1. The van der Waals surface area contributed by atoms with E-state index in [1.54, 1.807) is 6.92 Å². The van der Waals surface area contributed by atoms with E-state index in [2.05, 4.69) is 12.2 Å². The second-order valence-electron chi connectivity index (χ2n) is 4.70. The number of benzene rings is 1. The first-order valence-corrected chi connectivity index (χ1v) is 6.23. The summed E-state index contributed by atoms with van der Waals surface area (Å²) >= 11 is 0. The topological polar surface area (TPSA) is 12.0 Å². The summed E-state index contributed by atoms with van der Waals surface area (Å²) in [4.78, 5) is 0. The molecular weight excluding hydrogens is 239 g/mol. The highest BCUT2D eigenvalue weighted by atomic mass is 19.4. The van der Waals surface area contributed by atoms with Crippen molar-refractivity contribution in [1.82, 2.24) is 5.32 Å². The quantitative estimate of drug-likeness (QED) is 0.834. The third-order valence-electron chi connectivity index (χ3n) is 2.96. The Balaban J connectivity index is 2.56. The predicted octanol–water partition coefficient (Wildman–Crippen LogP) is 4.24. The average Bonchev–Trinajstić information content (AvgIpc) is 2.26. The van der Waals surface area contributed by atoms with Crippen molar-refractivity contribution in [3.63, 3.8) is 0 Å². The van der Waals surface area contributed by atoms with Crippen molar-refractivity contribution in [3.8, 4) is 0 Å². The van der Waals surface area contributed by atoms with Gasteiger partial charge in [-0.15, -0.1) is 0 Å². The normalized spacial score (nSPS) is 15.4. The van der Waals surface area contributed by atoms with E-state index in [0.717, 1.165) is 12.0 Å². The molecule has 0 fully saturated rings. The van der Waals surface area contributed by atoms with Crippen LogP contribution in [-0.2, 0) is 6.42 Å². The van der Waals surface area contributed by atoms with Gasteiger partial charge in [0.1, 0.15) is 0 Å². The number of alkyl halides is 3. The summed E-state index contributed by atoms with van der Waals surface area (Å²) < 4.78 is 36.7. The fraction of sp³-hybridized carbons (Fsp3) is 0.571. The fourth-order valence-corrected chi connectivity index (χ4v) is 1.97. The fourth-order valence-electron chi connectivity index (χ4n) is 1.97. The van der Waals surface area contributed by atoms with Gasteiger partial charge in [-0.3, -0.25) is 0 Å². The van der Waals surface area contributed by atoms with Gasteiger partial charge in [0.15, 0.2) is 0 Å². The average molecular weight is 259 g/mol. The molecule has 18 heavy (non-hydrogen) atoms. The van der Waals surface area contributed by atoms with Gasteiger partial charge in [-0.1, -0.05) is 31.2 Å². The molecule has 0 saturated carbocycles. The molecule has 0 saturated heterocycles. The summed E-state index contributed by atoms with van der Waals surface area (Å²) in [7, 11) is 0. The molecule has 2 atom stereocenters. The van der Waals surface area contributed by atoms with Crippen molar-refractivity contribution >= 4 is 0 Å². The van der Waals surface area contributed by atoms with Gasteiger partial charge in [0.2, 0.25) is 0 Å². The van der Waals surface area contributed by atoms with Crippen LogP contribution in [0, 0.1) is 0 Å². The van der Waals surface area contributed by atoms with Crippen LogP contribution in [0.1, 0.15) is 44.4 Å². The molecule has 1 aromatic rings. The smallest absolute Gasteiger partial charge is 0.307 e. The molecule has 102 valence electrons. The molecule has 1 N–H and O–H groups in total. The van der Waals surface area contributed by atoms with Crippen LogP contribution in [0.5, 0.6) is 0 Å². The van der Waals surface area contributed by atoms with Crippen LogP contribution in [0.4, 0.5) is 13.2 Å². The number of hydrogen-bond donors (Lipinski definition) is 1. The first-order valence-electron chi connectivity index (χ1n) is 6.23. The van der Waals surface area contributed by atoms with Gasteiger partial charge in [-0.2, -0.15) is 13.2 Å². The lowest BCUT2D eigenvalue weighted by molar-refractivity contribution is -0.139. The van der Waals surface area contributed by atoms with Crippen molar-refractivity contribution in [3.05, 3.63) is 35.4 Å². The van der Waals surface area contributed by atoms with Crippen molar-refractivity contribution < 1.29 is 13.2 Å². The zero-order valence-electron chi connectivity index (χ0n) is 11.0. The number of rotatable bonds is 5. The van der Waals surface area contributed by atoms with Gasteiger partial charge in [-0.05, 0) is 31.4 Å². The second-order valence-corrected chi connectivity index (χ2v) is 4.70. The van der Waals surface area contributed by atoms with E-state index < -0.39 is 18.6 Å². The molecule has 1 rings (SSSR count). The Morgan fingerprint density at radius 3 is 2.11 bits per heavy atom. The second kappa shape index (κ2) is 6.23. The Hall–Kier alpha value is -1.03. The van der Waals surface area contributed by atoms with E-state index in [1.165, 1.54) is 5.56 Å². The molecule has 0 amide bonds. The molecule has 4 heteroatoms. The van der Waals surface area contributed by atoms with Crippen molar-refractivity contribution in [1.29, 1.82) is 0 Å². The first-order chi connectivity index (χ1) is 8.31. The van der Waals surface area contributed by atoms with Crippen LogP contribution in [0.25, 0.3) is 0 Å². The van der Waals surface area contributed by atoms with E-state index in [1.807, 2.05) is 31.2 Å². The van der Waals surface area contributed by atoms with Crippen LogP contribution in [-0.4, -0.2) is 12.2 Å². The van der Waals surface area contributed by atoms with E-state index in [-0.39, 0.29) is 6.04 Å². The maximum Gasteiger partial charge on any atom is 0.390 e. The highest BCUT2D eigenvalue weighted by Crippen LogP contribution is 2.23. The van der Waals surface area contributed by atoms with Crippen molar-refractivity contribution in [2.45, 2.75) is 51.9 Å². The van der Waals surface area contributed by atoms with E-state index >= 15 is 0 Å². The van der Waals surface area contributed by atoms with Crippen LogP contribution >= 0.6 is 0 Å². The van der Waals surface area contributed by atoms with Gasteiger partial charge >= 0.3 is 6.18 Å². The minimum Gasteiger partial charge on any atom is -0.307 e. The standard InChI is InChI=1S/C14H20F3N/c1-4-12-5-7-13(8-6-12)11(3)18-10(2)9-14(15,16)17/h5-8,10-11,18H,4,9H2,1-3H3. The molecule has 2 unspecified atom stereocenters. The zero-order valence-corrected chi connectivity index (χ0v) is 11.0. The Labute approximate surface area is 106 Å². The summed E-state index contributed by atoms with van der Waals surface area (Å²) in [6, 6.07) is 7.32. The molecule has 0 aliphatic heterocycles. The molecule has 0 bridgehead atoms. The van der Waals surface area contributed by atoms with Crippen LogP contribution in [0.2, 0.25) is 0 Å². The van der Waals surface area contributed by atoms with Crippen molar-refractivity contribution in [2.24, 2.45) is 0 Å². The Morgan fingerprint density at radius 1 is 1.11 bits per heavy atom. The predicted molar refractivity (Wildman–Crippen MR) is 67.5 cm³/mol. The third kappa shape index (κ3) is 5.08. The molecule has 0 radical (unpaired) electrons. The summed E-state index contributed by atoms with van der Waals surface area (Å²) in [6.07, 6.45) is -3.95. The van der Waals surface area contributed by atoms with Crippen molar-refractivity contribution in [2.75, 3.05) is 0 Å². The van der Waals surface area contributed by atoms with E-state index in [9.17, 15) is 13.2 Å². The number of nitrogens with one attached hydrogen (secondary N) is 1. The van der Waals surface area contributed by atoms with Gasteiger partial charge in [0.25, 0.3) is 0 Å². The molecule has 0 spiro atoms. The molecular formula is C14H20F3N. The molecule has 0 heterocycles. The largest absolute Gasteiger partial charge is 0.390 e. The minimum atomic E-state index is -4.11. The Morgan fingerprint density at radius 2 is 1.67 bits per heavy atom. The molecule has 1 aromatic carbocycles. The van der Waals surface area contributed by atoms with Crippen LogP contribution in [0.15, 0.2) is 24.3 Å². The van der Waals surface area contributed by atoms with Gasteiger partial charge < -0.3 is 5.32 Å². The van der Waals surface area contributed by atoms with E-state index in [4.69, 9.17) is 0 Å². The number of halogens is 3. The molecule has 0 aliphatic carbocycles. The summed E-state index contributed by atoms with van der Waals surface area (Å²) in [6.45, 7) is 5.51. The lowest BCUT2D eigenvalue weighted by Crippen LogP contribution is -2.33.